The van der Waals surface area contributed by atoms with Crippen LogP contribution in [0.3, 0.4) is 0 Å². The molecule has 0 amide bonds. The summed E-state index contributed by atoms with van der Waals surface area (Å²) in [7, 11) is 0. The molecule has 0 bridgehead atoms. The van der Waals surface area contributed by atoms with Crippen LogP contribution in [0.4, 0.5) is 8.78 Å². The van der Waals surface area contributed by atoms with Crippen LogP contribution in [0.15, 0.2) is 54.6 Å². The van der Waals surface area contributed by atoms with Crippen LogP contribution in [-0.4, -0.2) is 6.61 Å². The van der Waals surface area contributed by atoms with Crippen molar-refractivity contribution in [2.45, 2.75) is 12.7 Å². The molecule has 0 radical (unpaired) electrons. The zero-order chi connectivity index (χ0) is 13.0. The lowest BCUT2D eigenvalue weighted by Crippen LogP contribution is -2.11. The first-order chi connectivity index (χ1) is 8.66. The molecule has 2 N–H and O–H groups in total. The van der Waals surface area contributed by atoms with E-state index in [0.29, 0.717) is 0 Å². The number of benzene rings is 2. The fraction of sp³-hybridized carbons (Fsp3) is 0.143. The lowest BCUT2D eigenvalue weighted by atomic mass is 10.00. The summed E-state index contributed by atoms with van der Waals surface area (Å²) in [5.41, 5.74) is 7.90. The van der Waals surface area contributed by atoms with E-state index in [0.717, 1.165) is 11.1 Å². The highest BCUT2D eigenvalue weighted by Crippen LogP contribution is 2.22. The number of halogens is 2. The molecule has 2 rings (SSSR count). The summed E-state index contributed by atoms with van der Waals surface area (Å²) in [5, 5.41) is 0. The van der Waals surface area contributed by atoms with Gasteiger partial charge in [-0.15, -0.1) is 0 Å². The molecule has 94 valence electrons. The van der Waals surface area contributed by atoms with Crippen LogP contribution in [-0.2, 0) is 0 Å². The van der Waals surface area contributed by atoms with Gasteiger partial charge in [-0.05, 0) is 23.3 Å². The van der Waals surface area contributed by atoms with E-state index in [1.807, 2.05) is 30.3 Å². The SMILES string of the molecule is N[C@@H](c1ccccc1)c1ccc(OC(F)F)cc1. The second-order valence-corrected chi connectivity index (χ2v) is 3.84. The van der Waals surface area contributed by atoms with Crippen LogP contribution >= 0.6 is 0 Å². The monoisotopic (exact) mass is 249 g/mol. The Bertz CT molecular complexity index is 485. The third-order valence-corrected chi connectivity index (χ3v) is 2.62. The quantitative estimate of drug-likeness (QED) is 0.902. The van der Waals surface area contributed by atoms with Crippen LogP contribution in [0, 0.1) is 0 Å². The second-order valence-electron chi connectivity index (χ2n) is 3.84. The summed E-state index contributed by atoms with van der Waals surface area (Å²) >= 11 is 0. The standard InChI is InChI=1S/C14H13F2NO/c15-14(16)18-12-8-6-11(7-9-12)13(17)10-4-2-1-3-5-10/h1-9,13-14H,17H2/t13-/m0/s1. The van der Waals surface area contributed by atoms with E-state index in [2.05, 4.69) is 4.74 Å². The third kappa shape index (κ3) is 3.05. The molecule has 0 aliphatic rings. The molecule has 1 atom stereocenters. The van der Waals surface area contributed by atoms with Gasteiger partial charge in [-0.25, -0.2) is 0 Å². The average Bonchev–Trinajstić information content (AvgIpc) is 2.39. The summed E-state index contributed by atoms with van der Waals surface area (Å²) in [4.78, 5) is 0. The Balaban J connectivity index is 2.14. The van der Waals surface area contributed by atoms with E-state index >= 15 is 0 Å². The van der Waals surface area contributed by atoms with Gasteiger partial charge in [0.2, 0.25) is 0 Å². The first-order valence-electron chi connectivity index (χ1n) is 5.52. The Kier molecular flexibility index (Phi) is 3.89. The molecule has 0 saturated heterocycles. The van der Waals surface area contributed by atoms with Gasteiger partial charge in [0, 0.05) is 0 Å². The van der Waals surface area contributed by atoms with Gasteiger partial charge < -0.3 is 10.5 Å². The predicted molar refractivity (Wildman–Crippen MR) is 65.5 cm³/mol. The van der Waals surface area contributed by atoms with Crippen LogP contribution in [0.25, 0.3) is 0 Å². The minimum atomic E-state index is -2.81. The van der Waals surface area contributed by atoms with Gasteiger partial charge in [0.25, 0.3) is 0 Å². The Hall–Kier alpha value is -1.94. The summed E-state index contributed by atoms with van der Waals surface area (Å²) in [6.07, 6.45) is 0. The Morgan fingerprint density at radius 3 is 1.94 bits per heavy atom. The summed E-state index contributed by atoms with van der Waals surface area (Å²) in [5.74, 6) is 0.133. The highest BCUT2D eigenvalue weighted by molar-refractivity contribution is 5.34. The highest BCUT2D eigenvalue weighted by atomic mass is 19.3. The van der Waals surface area contributed by atoms with E-state index in [4.69, 9.17) is 5.73 Å². The first-order valence-corrected chi connectivity index (χ1v) is 5.52. The van der Waals surface area contributed by atoms with Gasteiger partial charge >= 0.3 is 6.61 Å². The Morgan fingerprint density at radius 2 is 1.39 bits per heavy atom. The molecule has 0 fully saturated rings. The molecule has 0 aliphatic carbocycles. The maximum absolute atomic E-state index is 12.0. The lowest BCUT2D eigenvalue weighted by Gasteiger charge is -2.13. The van der Waals surface area contributed by atoms with Crippen LogP contribution in [0.1, 0.15) is 17.2 Å². The molecule has 18 heavy (non-hydrogen) atoms. The van der Waals surface area contributed by atoms with Gasteiger partial charge in [-0.1, -0.05) is 42.5 Å². The van der Waals surface area contributed by atoms with E-state index < -0.39 is 6.61 Å². The number of hydrogen-bond donors (Lipinski definition) is 1. The van der Waals surface area contributed by atoms with E-state index in [1.165, 1.54) is 12.1 Å². The fourth-order valence-corrected chi connectivity index (χ4v) is 1.71. The summed E-state index contributed by atoms with van der Waals surface area (Å²) < 4.78 is 28.3. The van der Waals surface area contributed by atoms with Crippen molar-refractivity contribution in [3.05, 3.63) is 65.7 Å². The molecule has 2 aromatic rings. The molecule has 2 aromatic carbocycles. The maximum atomic E-state index is 12.0. The molecular weight excluding hydrogens is 236 g/mol. The third-order valence-electron chi connectivity index (χ3n) is 2.62. The van der Waals surface area contributed by atoms with E-state index in [1.54, 1.807) is 12.1 Å². The van der Waals surface area contributed by atoms with Gasteiger partial charge in [0.1, 0.15) is 5.75 Å². The fourth-order valence-electron chi connectivity index (χ4n) is 1.71. The van der Waals surface area contributed by atoms with Gasteiger partial charge in [0.05, 0.1) is 6.04 Å². The smallest absolute Gasteiger partial charge is 0.387 e. The summed E-state index contributed by atoms with van der Waals surface area (Å²) in [6.45, 7) is -2.81. The van der Waals surface area contributed by atoms with Crippen molar-refractivity contribution in [2.75, 3.05) is 0 Å². The normalized spacial score (nSPS) is 12.4. The van der Waals surface area contributed by atoms with Gasteiger partial charge in [0.15, 0.2) is 0 Å². The van der Waals surface area contributed by atoms with Crippen LogP contribution in [0.5, 0.6) is 5.75 Å². The number of rotatable bonds is 4. The van der Waals surface area contributed by atoms with Crippen LogP contribution < -0.4 is 10.5 Å². The predicted octanol–water partition coefficient (Wildman–Crippen LogP) is 3.34. The molecule has 0 aromatic heterocycles. The van der Waals surface area contributed by atoms with Crippen LogP contribution in [0.2, 0.25) is 0 Å². The van der Waals surface area contributed by atoms with E-state index in [-0.39, 0.29) is 11.8 Å². The molecule has 0 saturated carbocycles. The molecule has 4 heteroatoms. The summed E-state index contributed by atoms with van der Waals surface area (Å²) in [6, 6.07) is 15.7. The van der Waals surface area contributed by atoms with Crippen molar-refractivity contribution in [2.24, 2.45) is 5.73 Å². The van der Waals surface area contributed by atoms with Gasteiger partial charge in [-0.2, -0.15) is 8.78 Å². The number of hydrogen-bond acceptors (Lipinski definition) is 2. The molecular formula is C14H13F2NO. The van der Waals surface area contributed by atoms with Crippen molar-refractivity contribution >= 4 is 0 Å². The molecule has 0 heterocycles. The second kappa shape index (κ2) is 5.60. The number of nitrogens with two attached hydrogens (primary N) is 1. The first kappa shape index (κ1) is 12.5. The van der Waals surface area contributed by atoms with Crippen molar-refractivity contribution in [1.29, 1.82) is 0 Å². The Morgan fingerprint density at radius 1 is 0.833 bits per heavy atom. The number of alkyl halides is 2. The zero-order valence-corrected chi connectivity index (χ0v) is 9.59. The van der Waals surface area contributed by atoms with Gasteiger partial charge in [-0.3, -0.25) is 0 Å². The van der Waals surface area contributed by atoms with Crippen molar-refractivity contribution < 1.29 is 13.5 Å². The Labute approximate surface area is 104 Å². The minimum Gasteiger partial charge on any atom is -0.435 e. The molecule has 0 spiro atoms. The van der Waals surface area contributed by atoms with Crippen molar-refractivity contribution in [3.8, 4) is 5.75 Å². The van der Waals surface area contributed by atoms with Crippen molar-refractivity contribution in [1.82, 2.24) is 0 Å². The molecule has 0 aliphatic heterocycles. The van der Waals surface area contributed by atoms with Crippen molar-refractivity contribution in [3.63, 3.8) is 0 Å². The van der Waals surface area contributed by atoms with E-state index in [9.17, 15) is 8.78 Å². The highest BCUT2D eigenvalue weighted by Gasteiger charge is 2.09. The maximum Gasteiger partial charge on any atom is 0.387 e. The molecule has 2 nitrogen and oxygen atoms in total. The largest absolute Gasteiger partial charge is 0.435 e. The minimum absolute atomic E-state index is 0.133. The lowest BCUT2D eigenvalue weighted by molar-refractivity contribution is -0.0498. The average molecular weight is 249 g/mol. The zero-order valence-electron chi connectivity index (χ0n) is 9.59. The topological polar surface area (TPSA) is 35.2 Å². The molecule has 0 unspecified atom stereocenters. The number of ether oxygens (including phenoxy) is 1.